The third-order valence-corrected chi connectivity index (χ3v) is 10.3. The van der Waals surface area contributed by atoms with Gasteiger partial charge in [0.2, 0.25) is 8.32 Å². The van der Waals surface area contributed by atoms with E-state index in [2.05, 4.69) is 48.5 Å². The predicted molar refractivity (Wildman–Crippen MR) is 87.1 cm³/mol. The zero-order valence-electron chi connectivity index (χ0n) is 13.9. The quantitative estimate of drug-likeness (QED) is 0.483. The highest BCUT2D eigenvalue weighted by Crippen LogP contribution is 2.43. The molecule has 3 heteroatoms. The lowest BCUT2D eigenvalue weighted by atomic mass is 10.2. The molecule has 0 rings (SSSR count). The summed E-state index contributed by atoms with van der Waals surface area (Å²) in [7, 11) is -1.73. The molecule has 0 fully saturated rings. The van der Waals surface area contributed by atoms with Gasteiger partial charge < -0.3 is 9.53 Å². The summed E-state index contributed by atoms with van der Waals surface area (Å²) in [6.45, 7) is 16.3. The van der Waals surface area contributed by atoms with Crippen LogP contribution in [0.4, 0.5) is 0 Å². The summed E-state index contributed by atoms with van der Waals surface area (Å²) in [5, 5.41) is 8.73. The van der Waals surface area contributed by atoms with Gasteiger partial charge >= 0.3 is 0 Å². The average molecular weight is 287 g/mol. The monoisotopic (exact) mass is 286 g/mol. The minimum atomic E-state index is -1.73. The Hall–Kier alpha value is -0.123. The normalized spacial score (nSPS) is 15.1. The molecule has 0 aliphatic heterocycles. The summed E-state index contributed by atoms with van der Waals surface area (Å²) < 4.78 is 6.65. The van der Waals surface area contributed by atoms with Crippen LogP contribution >= 0.6 is 0 Å². The Morgan fingerprint density at radius 1 is 0.895 bits per heavy atom. The van der Waals surface area contributed by atoms with E-state index in [0.29, 0.717) is 22.7 Å². The van der Waals surface area contributed by atoms with Gasteiger partial charge in [0, 0.05) is 6.10 Å². The second-order valence-corrected chi connectivity index (χ2v) is 11.9. The Balaban J connectivity index is 4.69. The van der Waals surface area contributed by atoms with Crippen LogP contribution in [0.5, 0.6) is 0 Å². The Kier molecular flexibility index (Phi) is 8.87. The van der Waals surface area contributed by atoms with Crippen LogP contribution in [0.2, 0.25) is 16.6 Å². The molecule has 0 aromatic carbocycles. The molecule has 0 radical (unpaired) electrons. The van der Waals surface area contributed by atoms with Crippen LogP contribution in [0.25, 0.3) is 0 Å². The van der Waals surface area contributed by atoms with Crippen LogP contribution in [0, 0.1) is 0 Å². The van der Waals surface area contributed by atoms with Gasteiger partial charge in [0.15, 0.2) is 0 Å². The molecule has 0 aromatic rings. The van der Waals surface area contributed by atoms with E-state index in [1.807, 2.05) is 12.2 Å². The molecule has 0 aliphatic carbocycles. The molecule has 1 atom stereocenters. The van der Waals surface area contributed by atoms with Crippen molar-refractivity contribution in [1.82, 2.24) is 0 Å². The largest absolute Gasteiger partial charge is 0.413 e. The third-order valence-electron chi connectivity index (χ3n) is 4.12. The van der Waals surface area contributed by atoms with E-state index < -0.39 is 8.32 Å². The number of aliphatic hydroxyl groups is 1. The van der Waals surface area contributed by atoms with E-state index in [0.717, 1.165) is 12.8 Å². The highest BCUT2D eigenvalue weighted by Gasteiger charge is 2.45. The standard InChI is InChI=1S/C16H34O2Si/c1-13(2)19(14(3)4,15(5)6)18-16(7)11-9-8-10-12-17/h8,10,13-17H,9,11-12H2,1-7H3/b10-8+/t16-/m0/s1. The van der Waals surface area contributed by atoms with E-state index in [4.69, 9.17) is 9.53 Å². The SMILES string of the molecule is CC(C)[Si](O[C@@H](C)CC/C=C/CO)(C(C)C)C(C)C. The molecule has 0 bridgehead atoms. The summed E-state index contributed by atoms with van der Waals surface area (Å²) >= 11 is 0. The topological polar surface area (TPSA) is 29.5 Å². The lowest BCUT2D eigenvalue weighted by molar-refractivity contribution is 0.183. The summed E-state index contributed by atoms with van der Waals surface area (Å²) in [6.07, 6.45) is 6.19. The molecule has 0 amide bonds. The van der Waals surface area contributed by atoms with E-state index in [1.165, 1.54) is 0 Å². The summed E-state index contributed by atoms with van der Waals surface area (Å²) in [6, 6.07) is 0. The van der Waals surface area contributed by atoms with E-state index in [-0.39, 0.29) is 6.61 Å². The van der Waals surface area contributed by atoms with Gasteiger partial charge in [-0.05, 0) is 36.4 Å². The maximum absolute atomic E-state index is 8.73. The van der Waals surface area contributed by atoms with Crippen molar-refractivity contribution < 1.29 is 9.53 Å². The highest BCUT2D eigenvalue weighted by molar-refractivity contribution is 6.77. The van der Waals surface area contributed by atoms with Crippen molar-refractivity contribution in [1.29, 1.82) is 0 Å². The first-order valence-electron chi connectivity index (χ1n) is 7.72. The number of hydrogen-bond acceptors (Lipinski definition) is 2. The predicted octanol–water partition coefficient (Wildman–Crippen LogP) is 4.90. The van der Waals surface area contributed by atoms with Gasteiger partial charge in [-0.15, -0.1) is 0 Å². The Morgan fingerprint density at radius 3 is 1.74 bits per heavy atom. The van der Waals surface area contributed by atoms with Crippen LogP contribution in [0.1, 0.15) is 61.3 Å². The summed E-state index contributed by atoms with van der Waals surface area (Å²) in [5.74, 6) is 0. The molecule has 0 saturated carbocycles. The molecular formula is C16H34O2Si. The molecule has 19 heavy (non-hydrogen) atoms. The van der Waals surface area contributed by atoms with Crippen molar-refractivity contribution >= 4 is 8.32 Å². The van der Waals surface area contributed by atoms with Gasteiger partial charge in [-0.1, -0.05) is 53.7 Å². The van der Waals surface area contributed by atoms with Gasteiger partial charge in [0.1, 0.15) is 0 Å². The van der Waals surface area contributed by atoms with Gasteiger partial charge in [-0.3, -0.25) is 0 Å². The molecule has 0 aromatic heterocycles. The number of allylic oxidation sites excluding steroid dienone is 1. The van der Waals surface area contributed by atoms with Crippen molar-refractivity contribution in [3.63, 3.8) is 0 Å². The molecular weight excluding hydrogens is 252 g/mol. The summed E-state index contributed by atoms with van der Waals surface area (Å²) in [4.78, 5) is 0. The van der Waals surface area contributed by atoms with Crippen molar-refractivity contribution in [2.45, 2.75) is 84.0 Å². The fourth-order valence-electron chi connectivity index (χ4n) is 3.34. The lowest BCUT2D eigenvalue weighted by Gasteiger charge is -2.44. The average Bonchev–Trinajstić information content (AvgIpc) is 2.30. The zero-order valence-corrected chi connectivity index (χ0v) is 14.9. The fraction of sp³-hybridized carbons (Fsp3) is 0.875. The van der Waals surface area contributed by atoms with Crippen LogP contribution in [0.15, 0.2) is 12.2 Å². The maximum Gasteiger partial charge on any atom is 0.200 e. The van der Waals surface area contributed by atoms with Crippen molar-refractivity contribution in [2.24, 2.45) is 0 Å². The molecule has 2 nitrogen and oxygen atoms in total. The highest BCUT2D eigenvalue weighted by atomic mass is 28.4. The Labute approximate surface area is 121 Å². The lowest BCUT2D eigenvalue weighted by Crippen LogP contribution is -2.49. The van der Waals surface area contributed by atoms with E-state index in [1.54, 1.807) is 0 Å². The van der Waals surface area contributed by atoms with Crippen LogP contribution in [0.3, 0.4) is 0 Å². The second kappa shape index (κ2) is 8.93. The van der Waals surface area contributed by atoms with Gasteiger partial charge in [0.05, 0.1) is 6.61 Å². The second-order valence-electron chi connectivity index (χ2n) is 6.48. The number of rotatable bonds is 9. The van der Waals surface area contributed by atoms with Crippen molar-refractivity contribution in [3.8, 4) is 0 Å². The maximum atomic E-state index is 8.73. The molecule has 0 saturated heterocycles. The Bertz CT molecular complexity index is 238. The molecule has 1 N–H and O–H groups in total. The van der Waals surface area contributed by atoms with E-state index in [9.17, 15) is 0 Å². The third kappa shape index (κ3) is 5.40. The Morgan fingerprint density at radius 2 is 1.37 bits per heavy atom. The fourth-order valence-corrected chi connectivity index (χ4v) is 8.97. The zero-order chi connectivity index (χ0) is 15.1. The minimum absolute atomic E-state index is 0.137. The van der Waals surface area contributed by atoms with Gasteiger partial charge in [0.25, 0.3) is 0 Å². The first kappa shape index (κ1) is 18.9. The van der Waals surface area contributed by atoms with Crippen molar-refractivity contribution in [3.05, 3.63) is 12.2 Å². The summed E-state index contributed by atoms with van der Waals surface area (Å²) in [5.41, 5.74) is 1.92. The van der Waals surface area contributed by atoms with Crippen LogP contribution in [-0.2, 0) is 4.43 Å². The minimum Gasteiger partial charge on any atom is -0.413 e. The van der Waals surface area contributed by atoms with Gasteiger partial charge in [-0.25, -0.2) is 0 Å². The molecule has 0 unspecified atom stereocenters. The first-order chi connectivity index (χ1) is 8.78. The number of hydrogen-bond donors (Lipinski definition) is 1. The molecule has 0 aliphatic rings. The molecule has 0 heterocycles. The first-order valence-corrected chi connectivity index (χ1v) is 9.86. The van der Waals surface area contributed by atoms with Crippen LogP contribution < -0.4 is 0 Å². The smallest absolute Gasteiger partial charge is 0.200 e. The van der Waals surface area contributed by atoms with Crippen molar-refractivity contribution in [2.75, 3.05) is 6.61 Å². The molecule has 114 valence electrons. The van der Waals surface area contributed by atoms with Crippen LogP contribution in [-0.4, -0.2) is 26.1 Å². The van der Waals surface area contributed by atoms with Gasteiger partial charge in [-0.2, -0.15) is 0 Å². The van der Waals surface area contributed by atoms with E-state index >= 15 is 0 Å². The molecule has 0 spiro atoms. The number of aliphatic hydroxyl groups excluding tert-OH is 1.